The van der Waals surface area contributed by atoms with Gasteiger partial charge in [0.1, 0.15) is 18.2 Å². The van der Waals surface area contributed by atoms with Crippen molar-refractivity contribution in [1.29, 1.82) is 0 Å². The van der Waals surface area contributed by atoms with Crippen LogP contribution in [0.5, 0.6) is 0 Å². The van der Waals surface area contributed by atoms with Gasteiger partial charge in [0, 0.05) is 29.6 Å². The maximum absolute atomic E-state index is 14.2. The van der Waals surface area contributed by atoms with E-state index in [-0.39, 0.29) is 31.5 Å². The Kier molecular flexibility index (Phi) is 10.6. The molecule has 2 amide bonds. The van der Waals surface area contributed by atoms with Crippen LogP contribution >= 0.6 is 0 Å². The van der Waals surface area contributed by atoms with Crippen molar-refractivity contribution in [3.05, 3.63) is 108 Å². The number of nitrogens with one attached hydrogen (secondary N) is 3. The number of benzene rings is 3. The van der Waals surface area contributed by atoms with Crippen molar-refractivity contribution in [3.8, 4) is 0 Å². The third-order valence-corrected chi connectivity index (χ3v) is 8.71. The monoisotopic (exact) mass is 609 g/mol. The highest BCUT2D eigenvalue weighted by molar-refractivity contribution is 5.92. The van der Waals surface area contributed by atoms with Gasteiger partial charge in [-0.3, -0.25) is 9.59 Å². The van der Waals surface area contributed by atoms with Crippen LogP contribution in [-0.4, -0.2) is 40.6 Å². The van der Waals surface area contributed by atoms with Crippen LogP contribution in [0.1, 0.15) is 62.6 Å². The standard InChI is InChI=1S/C37H43N3O5/c1-26-13-9-12-20-33(26)45-36(43)40-37(2,23-29-24-38-32-19-11-10-18-31(29)32)35(42)39-30(21-27-14-5-3-6-15-27)22-34(41)44-25-28-16-7-4-8-17-28/h3-8,10-11,14-19,24,26,30,33,38H,9,12-13,20-23,25H2,1-2H3,(H,39,42)(H,40,43)/t26?,30-,33?,37+/m0/s1. The van der Waals surface area contributed by atoms with Crippen LogP contribution in [0.4, 0.5) is 4.79 Å². The molecule has 1 aromatic heterocycles. The Morgan fingerprint density at radius 3 is 2.31 bits per heavy atom. The van der Waals surface area contributed by atoms with Crippen LogP contribution in [0.15, 0.2) is 91.1 Å². The number of carbonyl (C=O) groups excluding carboxylic acids is 3. The minimum atomic E-state index is -1.37. The number of fused-ring (bicyclic) bond motifs is 1. The highest BCUT2D eigenvalue weighted by atomic mass is 16.6. The predicted octanol–water partition coefficient (Wildman–Crippen LogP) is 6.64. The fraction of sp³-hybridized carbons (Fsp3) is 0.378. The molecule has 0 aliphatic heterocycles. The molecule has 4 atom stereocenters. The molecule has 2 unspecified atom stereocenters. The predicted molar refractivity (Wildman–Crippen MR) is 174 cm³/mol. The van der Waals surface area contributed by atoms with Crippen molar-refractivity contribution < 1.29 is 23.9 Å². The van der Waals surface area contributed by atoms with Crippen molar-refractivity contribution in [2.75, 3.05) is 0 Å². The van der Waals surface area contributed by atoms with E-state index in [1.807, 2.05) is 91.1 Å². The fourth-order valence-electron chi connectivity index (χ4n) is 6.11. The lowest BCUT2D eigenvalue weighted by atomic mass is 9.88. The summed E-state index contributed by atoms with van der Waals surface area (Å²) in [6, 6.07) is 26.4. The molecule has 45 heavy (non-hydrogen) atoms. The largest absolute Gasteiger partial charge is 0.461 e. The molecule has 0 radical (unpaired) electrons. The lowest BCUT2D eigenvalue weighted by Crippen LogP contribution is -2.60. The van der Waals surface area contributed by atoms with E-state index in [4.69, 9.17) is 9.47 Å². The summed E-state index contributed by atoms with van der Waals surface area (Å²) in [5, 5.41) is 6.99. The zero-order valence-corrected chi connectivity index (χ0v) is 26.1. The van der Waals surface area contributed by atoms with Gasteiger partial charge >= 0.3 is 12.1 Å². The maximum Gasteiger partial charge on any atom is 0.408 e. The minimum Gasteiger partial charge on any atom is -0.461 e. The van der Waals surface area contributed by atoms with E-state index in [2.05, 4.69) is 22.5 Å². The van der Waals surface area contributed by atoms with Gasteiger partial charge in [0.15, 0.2) is 0 Å². The average Bonchev–Trinajstić information content (AvgIpc) is 3.44. The summed E-state index contributed by atoms with van der Waals surface area (Å²) < 4.78 is 11.5. The van der Waals surface area contributed by atoms with E-state index < -0.39 is 29.6 Å². The number of hydrogen-bond donors (Lipinski definition) is 3. The molecule has 5 rings (SSSR count). The first-order chi connectivity index (χ1) is 21.8. The summed E-state index contributed by atoms with van der Waals surface area (Å²) in [5.41, 5.74) is 2.31. The highest BCUT2D eigenvalue weighted by Crippen LogP contribution is 2.27. The second kappa shape index (κ2) is 14.9. The summed E-state index contributed by atoms with van der Waals surface area (Å²) in [4.78, 5) is 43.9. The number of hydrogen-bond acceptors (Lipinski definition) is 5. The first-order valence-electron chi connectivity index (χ1n) is 15.9. The molecule has 1 aliphatic carbocycles. The number of esters is 1. The molecule has 3 N–H and O–H groups in total. The Balaban J connectivity index is 1.35. The molecule has 0 bridgehead atoms. The van der Waals surface area contributed by atoms with Gasteiger partial charge in [-0.25, -0.2) is 4.79 Å². The Morgan fingerprint density at radius 1 is 0.911 bits per heavy atom. The van der Waals surface area contributed by atoms with Gasteiger partial charge in [-0.15, -0.1) is 0 Å². The van der Waals surface area contributed by atoms with Crippen LogP contribution in [0.2, 0.25) is 0 Å². The minimum absolute atomic E-state index is 0.0271. The van der Waals surface area contributed by atoms with Crippen LogP contribution in [0, 0.1) is 5.92 Å². The van der Waals surface area contributed by atoms with E-state index in [1.165, 1.54) is 0 Å². The number of rotatable bonds is 12. The Hall–Kier alpha value is -4.59. The van der Waals surface area contributed by atoms with E-state index in [9.17, 15) is 14.4 Å². The van der Waals surface area contributed by atoms with Crippen molar-refractivity contribution >= 4 is 28.9 Å². The van der Waals surface area contributed by atoms with Crippen molar-refractivity contribution in [3.63, 3.8) is 0 Å². The van der Waals surface area contributed by atoms with Crippen LogP contribution in [-0.2, 0) is 38.5 Å². The first kappa shape index (κ1) is 31.8. The average molecular weight is 610 g/mol. The number of H-pyrrole nitrogens is 1. The molecule has 0 spiro atoms. The molecule has 236 valence electrons. The molecular weight excluding hydrogens is 566 g/mol. The Morgan fingerprint density at radius 2 is 1.58 bits per heavy atom. The first-order valence-corrected chi connectivity index (χ1v) is 15.9. The lowest BCUT2D eigenvalue weighted by molar-refractivity contribution is -0.145. The van der Waals surface area contributed by atoms with Gasteiger partial charge in [0.25, 0.3) is 0 Å². The molecule has 1 aliphatic rings. The maximum atomic E-state index is 14.2. The van der Waals surface area contributed by atoms with Gasteiger partial charge in [-0.1, -0.05) is 92.2 Å². The normalized spacial score (nSPS) is 18.4. The fourth-order valence-corrected chi connectivity index (χ4v) is 6.11. The molecule has 4 aromatic rings. The second-order valence-corrected chi connectivity index (χ2v) is 12.4. The second-order valence-electron chi connectivity index (χ2n) is 12.4. The topological polar surface area (TPSA) is 110 Å². The number of aromatic amines is 1. The Bertz CT molecular complexity index is 1570. The molecule has 1 saturated carbocycles. The SMILES string of the molecule is CC1CCCCC1OC(=O)N[C@](C)(Cc1c[nH]c2ccccc12)C(=O)N[C@H](CC(=O)OCc1ccccc1)Cc1ccccc1. The Labute approximate surface area is 264 Å². The smallest absolute Gasteiger partial charge is 0.408 e. The zero-order valence-electron chi connectivity index (χ0n) is 26.1. The number of aromatic nitrogens is 1. The third-order valence-electron chi connectivity index (χ3n) is 8.71. The molecule has 8 nitrogen and oxygen atoms in total. The lowest BCUT2D eigenvalue weighted by Gasteiger charge is -2.33. The zero-order chi connectivity index (χ0) is 31.6. The summed E-state index contributed by atoms with van der Waals surface area (Å²) in [7, 11) is 0. The van der Waals surface area contributed by atoms with Gasteiger partial charge in [-0.05, 0) is 61.3 Å². The van der Waals surface area contributed by atoms with E-state index in [0.717, 1.165) is 53.3 Å². The van der Waals surface area contributed by atoms with Crippen LogP contribution < -0.4 is 10.6 Å². The quantitative estimate of drug-likeness (QED) is 0.156. The summed E-state index contributed by atoms with van der Waals surface area (Å²) in [6.07, 6.45) is 5.62. The van der Waals surface area contributed by atoms with Gasteiger partial charge in [0.2, 0.25) is 5.91 Å². The third kappa shape index (κ3) is 8.75. The molecule has 1 fully saturated rings. The molecule has 1 heterocycles. The number of ether oxygens (including phenoxy) is 2. The summed E-state index contributed by atoms with van der Waals surface area (Å²) in [6.45, 7) is 3.96. The number of alkyl carbamates (subject to hydrolysis) is 1. The van der Waals surface area contributed by atoms with Crippen molar-refractivity contribution in [2.24, 2.45) is 5.92 Å². The molecular formula is C37H43N3O5. The van der Waals surface area contributed by atoms with Crippen molar-refractivity contribution in [2.45, 2.75) is 83.1 Å². The van der Waals surface area contributed by atoms with E-state index in [0.29, 0.717) is 6.42 Å². The van der Waals surface area contributed by atoms with Gasteiger partial charge < -0.3 is 25.1 Å². The summed E-state index contributed by atoms with van der Waals surface area (Å²) in [5.74, 6) is -0.564. The number of para-hydroxylation sites is 1. The highest BCUT2D eigenvalue weighted by Gasteiger charge is 2.39. The van der Waals surface area contributed by atoms with E-state index >= 15 is 0 Å². The van der Waals surface area contributed by atoms with Crippen LogP contribution in [0.3, 0.4) is 0 Å². The van der Waals surface area contributed by atoms with Crippen LogP contribution in [0.25, 0.3) is 10.9 Å². The molecule has 0 saturated heterocycles. The van der Waals surface area contributed by atoms with Gasteiger partial charge in [0.05, 0.1) is 6.42 Å². The summed E-state index contributed by atoms with van der Waals surface area (Å²) >= 11 is 0. The number of amides is 2. The molecule has 8 heteroatoms. The van der Waals surface area contributed by atoms with E-state index in [1.54, 1.807) is 6.92 Å². The van der Waals surface area contributed by atoms with Gasteiger partial charge in [-0.2, -0.15) is 0 Å². The molecule has 3 aromatic carbocycles. The number of carbonyl (C=O) groups is 3. The van der Waals surface area contributed by atoms with Crippen molar-refractivity contribution in [1.82, 2.24) is 15.6 Å².